The minimum Gasteiger partial charge on any atom is -0.497 e. The van der Waals surface area contributed by atoms with Crippen LogP contribution in [-0.4, -0.2) is 18.2 Å². The monoisotopic (exact) mass is 319 g/mol. The van der Waals surface area contributed by atoms with Crippen molar-refractivity contribution in [1.82, 2.24) is 5.16 Å². The number of nitriles is 1. The van der Waals surface area contributed by atoms with Gasteiger partial charge in [0.25, 0.3) is 5.91 Å². The molecule has 0 bridgehead atoms. The Hall–Kier alpha value is -3.59. The van der Waals surface area contributed by atoms with Gasteiger partial charge in [0.2, 0.25) is 0 Å². The Labute approximate surface area is 138 Å². The molecule has 0 aliphatic carbocycles. The highest BCUT2D eigenvalue weighted by atomic mass is 16.5. The highest BCUT2D eigenvalue weighted by Gasteiger charge is 2.18. The van der Waals surface area contributed by atoms with Crippen LogP contribution >= 0.6 is 0 Å². The Kier molecular flexibility index (Phi) is 4.25. The van der Waals surface area contributed by atoms with Gasteiger partial charge in [0.15, 0.2) is 5.76 Å². The number of nitrogens with zero attached hydrogens (tertiary/aromatic N) is 2. The van der Waals surface area contributed by atoms with Crippen LogP contribution in [0.2, 0.25) is 0 Å². The lowest BCUT2D eigenvalue weighted by Gasteiger charge is -2.05. The minimum atomic E-state index is -0.341. The first-order valence-electron chi connectivity index (χ1n) is 7.12. The average molecular weight is 319 g/mol. The first-order chi connectivity index (χ1) is 11.7. The molecule has 0 fully saturated rings. The van der Waals surface area contributed by atoms with Crippen molar-refractivity contribution in [2.45, 2.75) is 0 Å². The van der Waals surface area contributed by atoms with Gasteiger partial charge in [0, 0.05) is 11.3 Å². The summed E-state index contributed by atoms with van der Waals surface area (Å²) >= 11 is 0. The van der Waals surface area contributed by atoms with Crippen molar-refractivity contribution in [3.63, 3.8) is 0 Å². The molecule has 0 atom stereocenters. The van der Waals surface area contributed by atoms with Gasteiger partial charge in [0.1, 0.15) is 11.3 Å². The van der Waals surface area contributed by atoms with E-state index < -0.39 is 0 Å². The lowest BCUT2D eigenvalue weighted by Crippen LogP contribution is -2.12. The molecule has 0 saturated heterocycles. The molecule has 2 aromatic carbocycles. The third kappa shape index (κ3) is 3.10. The van der Waals surface area contributed by atoms with Gasteiger partial charge in [-0.05, 0) is 48.5 Å². The molecule has 1 N–H and O–H groups in total. The Morgan fingerprint density at radius 3 is 2.50 bits per heavy atom. The summed E-state index contributed by atoms with van der Waals surface area (Å²) in [6, 6.07) is 15.8. The molecule has 0 unspecified atom stereocenters. The Morgan fingerprint density at radius 1 is 1.17 bits per heavy atom. The van der Waals surface area contributed by atoms with E-state index in [1.165, 1.54) is 6.20 Å². The zero-order chi connectivity index (χ0) is 16.9. The molecule has 0 spiro atoms. The Bertz CT molecular complexity index is 891. The van der Waals surface area contributed by atoms with Crippen LogP contribution in [0, 0.1) is 11.3 Å². The number of rotatable bonds is 4. The second-order valence-corrected chi connectivity index (χ2v) is 4.94. The quantitative estimate of drug-likeness (QED) is 0.795. The van der Waals surface area contributed by atoms with Crippen molar-refractivity contribution in [2.75, 3.05) is 12.4 Å². The number of nitrogens with one attached hydrogen (secondary N) is 1. The van der Waals surface area contributed by atoms with Crippen LogP contribution < -0.4 is 10.1 Å². The normalized spacial score (nSPS) is 10.0. The fourth-order valence-corrected chi connectivity index (χ4v) is 2.18. The Morgan fingerprint density at radius 2 is 1.88 bits per heavy atom. The van der Waals surface area contributed by atoms with E-state index in [1.807, 2.05) is 6.07 Å². The van der Waals surface area contributed by atoms with Gasteiger partial charge in [-0.15, -0.1) is 0 Å². The summed E-state index contributed by atoms with van der Waals surface area (Å²) in [5.74, 6) is 0.748. The van der Waals surface area contributed by atoms with Crippen LogP contribution in [0.5, 0.6) is 5.75 Å². The standard InChI is InChI=1S/C18H13N3O3/c1-23-15-8-4-13(5-9-15)17-16(11-20-24-17)18(22)21-14-6-2-12(10-19)3-7-14/h2-9,11H,1H3,(H,21,22). The number of benzene rings is 2. The molecule has 0 aliphatic rings. The fourth-order valence-electron chi connectivity index (χ4n) is 2.18. The topological polar surface area (TPSA) is 88.2 Å². The molecule has 1 aromatic heterocycles. The third-order valence-electron chi connectivity index (χ3n) is 3.44. The summed E-state index contributed by atoms with van der Waals surface area (Å²) in [7, 11) is 1.58. The summed E-state index contributed by atoms with van der Waals surface area (Å²) in [6.45, 7) is 0. The number of anilines is 1. The summed E-state index contributed by atoms with van der Waals surface area (Å²) < 4.78 is 10.3. The number of hydrogen-bond donors (Lipinski definition) is 1. The summed E-state index contributed by atoms with van der Waals surface area (Å²) in [5, 5.41) is 15.3. The van der Waals surface area contributed by atoms with E-state index in [-0.39, 0.29) is 5.91 Å². The summed E-state index contributed by atoms with van der Waals surface area (Å²) in [4.78, 5) is 12.4. The summed E-state index contributed by atoms with van der Waals surface area (Å²) in [5.41, 5.74) is 2.15. The highest BCUT2D eigenvalue weighted by molar-refractivity contribution is 6.07. The number of amides is 1. The number of aromatic nitrogens is 1. The molecule has 6 heteroatoms. The first-order valence-corrected chi connectivity index (χ1v) is 7.12. The molecule has 1 amide bonds. The predicted molar refractivity (Wildman–Crippen MR) is 87.6 cm³/mol. The van der Waals surface area contributed by atoms with Crippen LogP contribution in [0.25, 0.3) is 11.3 Å². The van der Waals surface area contributed by atoms with Gasteiger partial charge in [-0.3, -0.25) is 4.79 Å². The smallest absolute Gasteiger partial charge is 0.261 e. The van der Waals surface area contributed by atoms with E-state index >= 15 is 0 Å². The van der Waals surface area contributed by atoms with Crippen LogP contribution in [0.4, 0.5) is 5.69 Å². The molecule has 0 saturated carbocycles. The van der Waals surface area contributed by atoms with Crippen molar-refractivity contribution >= 4 is 11.6 Å². The molecular weight excluding hydrogens is 306 g/mol. The van der Waals surface area contributed by atoms with E-state index in [9.17, 15) is 4.79 Å². The van der Waals surface area contributed by atoms with Gasteiger partial charge < -0.3 is 14.6 Å². The maximum atomic E-state index is 12.4. The van der Waals surface area contributed by atoms with Gasteiger partial charge in [-0.2, -0.15) is 5.26 Å². The van der Waals surface area contributed by atoms with E-state index in [0.717, 1.165) is 5.56 Å². The summed E-state index contributed by atoms with van der Waals surface area (Å²) in [6.07, 6.45) is 1.37. The number of methoxy groups -OCH3 is 1. The van der Waals surface area contributed by atoms with Gasteiger partial charge in [-0.1, -0.05) is 5.16 Å². The molecule has 6 nitrogen and oxygen atoms in total. The zero-order valence-corrected chi connectivity index (χ0v) is 12.8. The molecule has 0 radical (unpaired) electrons. The zero-order valence-electron chi connectivity index (χ0n) is 12.8. The molecule has 3 rings (SSSR count). The van der Waals surface area contributed by atoms with Crippen LogP contribution in [0.15, 0.2) is 59.3 Å². The van der Waals surface area contributed by atoms with Crippen LogP contribution in [0.3, 0.4) is 0 Å². The largest absolute Gasteiger partial charge is 0.497 e. The maximum Gasteiger partial charge on any atom is 0.261 e. The SMILES string of the molecule is COc1ccc(-c2oncc2C(=O)Nc2ccc(C#N)cc2)cc1. The maximum absolute atomic E-state index is 12.4. The second-order valence-electron chi connectivity index (χ2n) is 4.94. The molecule has 3 aromatic rings. The first kappa shape index (κ1) is 15.3. The minimum absolute atomic E-state index is 0.324. The Balaban J connectivity index is 1.83. The molecule has 24 heavy (non-hydrogen) atoms. The van der Waals surface area contributed by atoms with Gasteiger partial charge in [-0.25, -0.2) is 0 Å². The third-order valence-corrected chi connectivity index (χ3v) is 3.44. The van der Waals surface area contributed by atoms with Crippen molar-refractivity contribution in [1.29, 1.82) is 5.26 Å². The number of carbonyl (C=O) groups excluding carboxylic acids is 1. The lowest BCUT2D eigenvalue weighted by molar-refractivity contribution is 0.102. The van der Waals surface area contributed by atoms with E-state index in [4.69, 9.17) is 14.5 Å². The van der Waals surface area contributed by atoms with E-state index in [2.05, 4.69) is 10.5 Å². The number of hydrogen-bond acceptors (Lipinski definition) is 5. The predicted octanol–water partition coefficient (Wildman–Crippen LogP) is 3.47. The molecular formula is C18H13N3O3. The molecule has 118 valence electrons. The molecule has 1 heterocycles. The van der Waals surface area contributed by atoms with Crippen LogP contribution in [0.1, 0.15) is 15.9 Å². The van der Waals surface area contributed by atoms with Crippen molar-refractivity contribution in [3.8, 4) is 23.1 Å². The fraction of sp³-hybridized carbons (Fsp3) is 0.0556. The van der Waals surface area contributed by atoms with Crippen molar-refractivity contribution in [3.05, 3.63) is 65.9 Å². The van der Waals surface area contributed by atoms with Gasteiger partial charge >= 0.3 is 0 Å². The van der Waals surface area contributed by atoms with Crippen molar-refractivity contribution < 1.29 is 14.1 Å². The second kappa shape index (κ2) is 6.67. The average Bonchev–Trinajstić information content (AvgIpc) is 3.12. The van der Waals surface area contributed by atoms with Gasteiger partial charge in [0.05, 0.1) is 24.9 Å². The highest BCUT2D eigenvalue weighted by Crippen LogP contribution is 2.26. The van der Waals surface area contributed by atoms with Crippen molar-refractivity contribution in [2.24, 2.45) is 0 Å². The van der Waals surface area contributed by atoms with Crippen LogP contribution in [-0.2, 0) is 0 Å². The number of carbonyl (C=O) groups is 1. The van der Waals surface area contributed by atoms with E-state index in [1.54, 1.807) is 55.6 Å². The number of ether oxygens (including phenoxy) is 1. The lowest BCUT2D eigenvalue weighted by atomic mass is 10.1. The van der Waals surface area contributed by atoms with E-state index in [0.29, 0.717) is 28.3 Å². The molecule has 0 aliphatic heterocycles.